The van der Waals surface area contributed by atoms with E-state index in [1.807, 2.05) is 12.1 Å². The lowest BCUT2D eigenvalue weighted by Gasteiger charge is -2.24. The minimum atomic E-state index is 0.419. The number of hydrogen-bond donors (Lipinski definition) is 1. The van der Waals surface area contributed by atoms with E-state index < -0.39 is 0 Å². The molecule has 0 aromatic carbocycles. The van der Waals surface area contributed by atoms with Gasteiger partial charge in [0.15, 0.2) is 0 Å². The minimum Gasteiger partial charge on any atom is -0.468 e. The van der Waals surface area contributed by atoms with Crippen LogP contribution < -0.4 is 5.73 Å². The molecule has 0 aliphatic heterocycles. The lowest BCUT2D eigenvalue weighted by molar-refractivity contribution is 0.209. The van der Waals surface area contributed by atoms with Gasteiger partial charge in [-0.25, -0.2) is 0 Å². The van der Waals surface area contributed by atoms with Gasteiger partial charge in [0.25, 0.3) is 0 Å². The average Bonchev–Trinajstić information content (AvgIpc) is 2.84. The summed E-state index contributed by atoms with van der Waals surface area (Å²) in [5, 5.41) is 0. The third-order valence-electron chi connectivity index (χ3n) is 3.36. The molecule has 0 unspecified atom stereocenters. The smallest absolute Gasteiger partial charge is 0.117 e. The van der Waals surface area contributed by atoms with Crippen LogP contribution in [0.3, 0.4) is 0 Å². The predicted octanol–water partition coefficient (Wildman–Crippen LogP) is 1.84. The molecule has 1 saturated carbocycles. The summed E-state index contributed by atoms with van der Waals surface area (Å²) in [7, 11) is 0. The summed E-state index contributed by atoms with van der Waals surface area (Å²) < 4.78 is 5.36. The lowest BCUT2D eigenvalue weighted by atomic mass is 10.1. The first kappa shape index (κ1) is 10.7. The van der Waals surface area contributed by atoms with Crippen LogP contribution in [0.15, 0.2) is 22.8 Å². The molecule has 0 radical (unpaired) electrons. The van der Waals surface area contributed by atoms with Crippen molar-refractivity contribution in [3.63, 3.8) is 0 Å². The fourth-order valence-corrected chi connectivity index (χ4v) is 1.98. The molecule has 0 amide bonds. The van der Waals surface area contributed by atoms with Crippen molar-refractivity contribution >= 4 is 0 Å². The first-order chi connectivity index (χ1) is 7.28. The highest BCUT2D eigenvalue weighted by Crippen LogP contribution is 2.45. The summed E-state index contributed by atoms with van der Waals surface area (Å²) in [5.41, 5.74) is 6.21. The second-order valence-corrected chi connectivity index (χ2v) is 4.59. The van der Waals surface area contributed by atoms with Crippen molar-refractivity contribution in [3.8, 4) is 0 Å². The SMILES string of the molecule is CCN(Cc1ccco1)CC1(CN)CC1. The van der Waals surface area contributed by atoms with Gasteiger partial charge < -0.3 is 10.2 Å². The van der Waals surface area contributed by atoms with Crippen molar-refractivity contribution in [2.75, 3.05) is 19.6 Å². The van der Waals surface area contributed by atoms with E-state index in [4.69, 9.17) is 10.2 Å². The van der Waals surface area contributed by atoms with Gasteiger partial charge in [0.2, 0.25) is 0 Å². The number of nitrogens with zero attached hydrogens (tertiary/aromatic N) is 1. The highest BCUT2D eigenvalue weighted by Gasteiger charge is 2.42. The summed E-state index contributed by atoms with van der Waals surface area (Å²) in [4.78, 5) is 2.42. The van der Waals surface area contributed by atoms with Crippen molar-refractivity contribution in [3.05, 3.63) is 24.2 Å². The quantitative estimate of drug-likeness (QED) is 0.775. The molecule has 1 aliphatic rings. The van der Waals surface area contributed by atoms with Gasteiger partial charge in [0.05, 0.1) is 12.8 Å². The molecule has 0 spiro atoms. The molecule has 1 heterocycles. The largest absolute Gasteiger partial charge is 0.468 e. The van der Waals surface area contributed by atoms with Crippen LogP contribution in [-0.2, 0) is 6.54 Å². The normalized spacial score (nSPS) is 18.3. The third kappa shape index (κ3) is 2.61. The fraction of sp³-hybridized carbons (Fsp3) is 0.667. The Kier molecular flexibility index (Phi) is 3.12. The summed E-state index contributed by atoms with van der Waals surface area (Å²) in [6, 6.07) is 3.98. The molecular formula is C12H20N2O. The Morgan fingerprint density at radius 3 is 2.80 bits per heavy atom. The van der Waals surface area contributed by atoms with Crippen molar-refractivity contribution < 1.29 is 4.42 Å². The maximum atomic E-state index is 5.80. The van der Waals surface area contributed by atoms with Crippen LogP contribution >= 0.6 is 0 Å². The Bertz CT molecular complexity index is 291. The first-order valence-electron chi connectivity index (χ1n) is 5.73. The number of hydrogen-bond acceptors (Lipinski definition) is 3. The molecule has 84 valence electrons. The van der Waals surface area contributed by atoms with E-state index in [-0.39, 0.29) is 0 Å². The van der Waals surface area contributed by atoms with Gasteiger partial charge in [-0.15, -0.1) is 0 Å². The lowest BCUT2D eigenvalue weighted by Crippen LogP contribution is -2.33. The summed E-state index contributed by atoms with van der Waals surface area (Å²) in [6.07, 6.45) is 4.31. The van der Waals surface area contributed by atoms with E-state index in [2.05, 4.69) is 11.8 Å². The van der Waals surface area contributed by atoms with Crippen LogP contribution in [0.4, 0.5) is 0 Å². The van der Waals surface area contributed by atoms with E-state index in [1.165, 1.54) is 12.8 Å². The van der Waals surface area contributed by atoms with Crippen molar-refractivity contribution in [1.29, 1.82) is 0 Å². The van der Waals surface area contributed by atoms with Crippen molar-refractivity contribution in [2.45, 2.75) is 26.3 Å². The predicted molar refractivity (Wildman–Crippen MR) is 60.4 cm³/mol. The molecule has 1 aromatic rings. The second-order valence-electron chi connectivity index (χ2n) is 4.59. The Morgan fingerprint density at radius 1 is 1.53 bits per heavy atom. The highest BCUT2D eigenvalue weighted by molar-refractivity contribution is 5.00. The topological polar surface area (TPSA) is 42.4 Å². The molecule has 3 nitrogen and oxygen atoms in total. The monoisotopic (exact) mass is 208 g/mol. The molecule has 1 fully saturated rings. The number of nitrogens with two attached hydrogens (primary N) is 1. The highest BCUT2D eigenvalue weighted by atomic mass is 16.3. The molecule has 1 aliphatic carbocycles. The van der Waals surface area contributed by atoms with Gasteiger partial charge in [0.1, 0.15) is 5.76 Å². The molecule has 15 heavy (non-hydrogen) atoms. The Labute approximate surface area is 91.2 Å². The van der Waals surface area contributed by atoms with E-state index in [9.17, 15) is 0 Å². The maximum absolute atomic E-state index is 5.80. The molecular weight excluding hydrogens is 188 g/mol. The molecule has 1 aromatic heterocycles. The van der Waals surface area contributed by atoms with Crippen LogP contribution in [0.5, 0.6) is 0 Å². The molecule has 0 bridgehead atoms. The molecule has 0 saturated heterocycles. The third-order valence-corrected chi connectivity index (χ3v) is 3.36. The average molecular weight is 208 g/mol. The van der Waals surface area contributed by atoms with Crippen LogP contribution in [0, 0.1) is 5.41 Å². The van der Waals surface area contributed by atoms with Crippen LogP contribution in [0.1, 0.15) is 25.5 Å². The van der Waals surface area contributed by atoms with Crippen LogP contribution in [0.2, 0.25) is 0 Å². The van der Waals surface area contributed by atoms with Gasteiger partial charge in [-0.05, 0) is 43.5 Å². The molecule has 3 heteroatoms. The van der Waals surface area contributed by atoms with E-state index in [0.29, 0.717) is 5.41 Å². The summed E-state index contributed by atoms with van der Waals surface area (Å²) in [5.74, 6) is 1.05. The maximum Gasteiger partial charge on any atom is 0.117 e. The van der Waals surface area contributed by atoms with Gasteiger partial charge >= 0.3 is 0 Å². The summed E-state index contributed by atoms with van der Waals surface area (Å²) >= 11 is 0. The first-order valence-corrected chi connectivity index (χ1v) is 5.73. The second kappa shape index (κ2) is 4.37. The molecule has 2 N–H and O–H groups in total. The Hall–Kier alpha value is -0.800. The zero-order valence-electron chi connectivity index (χ0n) is 9.41. The fourth-order valence-electron chi connectivity index (χ4n) is 1.98. The van der Waals surface area contributed by atoms with Gasteiger partial charge in [0, 0.05) is 6.54 Å². The Balaban J connectivity index is 1.88. The zero-order chi connectivity index (χ0) is 10.7. The number of furan rings is 1. The van der Waals surface area contributed by atoms with Gasteiger partial charge in [-0.2, -0.15) is 0 Å². The Morgan fingerprint density at radius 2 is 2.33 bits per heavy atom. The van der Waals surface area contributed by atoms with Gasteiger partial charge in [-0.1, -0.05) is 6.92 Å². The van der Waals surface area contributed by atoms with Crippen LogP contribution in [0.25, 0.3) is 0 Å². The standard InChI is InChI=1S/C12H20N2O/c1-2-14(8-11-4-3-7-15-11)10-12(9-13)5-6-12/h3-4,7H,2,5-6,8-10,13H2,1H3. The van der Waals surface area contributed by atoms with E-state index >= 15 is 0 Å². The van der Waals surface area contributed by atoms with Gasteiger partial charge in [-0.3, -0.25) is 4.90 Å². The number of rotatable bonds is 6. The zero-order valence-corrected chi connectivity index (χ0v) is 9.41. The van der Waals surface area contributed by atoms with Crippen molar-refractivity contribution in [1.82, 2.24) is 4.90 Å². The molecule has 2 rings (SSSR count). The van der Waals surface area contributed by atoms with E-state index in [1.54, 1.807) is 6.26 Å². The molecule has 0 atom stereocenters. The minimum absolute atomic E-state index is 0.419. The summed E-state index contributed by atoms with van der Waals surface area (Å²) in [6.45, 7) is 6.09. The van der Waals surface area contributed by atoms with Crippen molar-refractivity contribution in [2.24, 2.45) is 11.1 Å². The van der Waals surface area contributed by atoms with E-state index in [0.717, 1.165) is 31.9 Å². The van der Waals surface area contributed by atoms with Crippen LogP contribution in [-0.4, -0.2) is 24.5 Å².